The van der Waals surface area contributed by atoms with Crippen molar-refractivity contribution >= 4 is 0 Å². The van der Waals surface area contributed by atoms with Gasteiger partial charge in [0.05, 0.1) is 0 Å². The van der Waals surface area contributed by atoms with Crippen molar-refractivity contribution in [3.63, 3.8) is 0 Å². The lowest BCUT2D eigenvalue weighted by molar-refractivity contribution is 0.331. The van der Waals surface area contributed by atoms with Crippen molar-refractivity contribution in [2.24, 2.45) is 11.7 Å². The van der Waals surface area contributed by atoms with Gasteiger partial charge in [0.15, 0.2) is 0 Å². The van der Waals surface area contributed by atoms with Crippen LogP contribution in [0.5, 0.6) is 0 Å². The lowest BCUT2D eigenvalue weighted by Crippen LogP contribution is -2.30. The first kappa shape index (κ1) is 11.3. The molecule has 1 saturated carbocycles. The average molecular weight is 191 g/mol. The molecule has 0 aromatic heterocycles. The zero-order valence-corrected chi connectivity index (χ0v) is 9.02. The maximum atomic E-state index is 5.78. The van der Waals surface area contributed by atoms with Crippen molar-refractivity contribution in [3.05, 3.63) is 36.4 Å². The summed E-state index contributed by atoms with van der Waals surface area (Å²) in [6.45, 7) is 2.25. The SMILES string of the molecule is CC1CCCCC1N.c1ccccc1. The smallest absolute Gasteiger partial charge is 0.00645 e. The predicted molar refractivity (Wildman–Crippen MR) is 62.0 cm³/mol. The Bertz CT molecular complexity index is 183. The molecule has 2 atom stereocenters. The van der Waals surface area contributed by atoms with Crippen LogP contribution in [0.3, 0.4) is 0 Å². The van der Waals surface area contributed by atoms with Crippen molar-refractivity contribution in [1.29, 1.82) is 0 Å². The second kappa shape index (κ2) is 6.61. The minimum Gasteiger partial charge on any atom is -0.327 e. The maximum absolute atomic E-state index is 5.78. The van der Waals surface area contributed by atoms with Gasteiger partial charge in [-0.05, 0) is 18.8 Å². The highest BCUT2D eigenvalue weighted by Crippen LogP contribution is 2.21. The fraction of sp³-hybridized carbons (Fsp3) is 0.538. The van der Waals surface area contributed by atoms with Crippen molar-refractivity contribution < 1.29 is 0 Å². The zero-order chi connectivity index (χ0) is 10.2. The third kappa shape index (κ3) is 4.43. The number of benzene rings is 1. The van der Waals surface area contributed by atoms with Gasteiger partial charge in [-0.3, -0.25) is 0 Å². The van der Waals surface area contributed by atoms with E-state index < -0.39 is 0 Å². The van der Waals surface area contributed by atoms with Gasteiger partial charge in [0.25, 0.3) is 0 Å². The molecule has 0 spiro atoms. The minimum absolute atomic E-state index is 0.503. The molecule has 0 saturated heterocycles. The van der Waals surface area contributed by atoms with E-state index in [1.807, 2.05) is 36.4 Å². The molecule has 1 fully saturated rings. The lowest BCUT2D eigenvalue weighted by Gasteiger charge is -2.24. The summed E-state index contributed by atoms with van der Waals surface area (Å²) in [5, 5.41) is 0. The van der Waals surface area contributed by atoms with E-state index in [4.69, 9.17) is 5.73 Å². The summed E-state index contributed by atoms with van der Waals surface area (Å²) < 4.78 is 0. The molecule has 1 aliphatic rings. The van der Waals surface area contributed by atoms with E-state index in [1.54, 1.807) is 0 Å². The van der Waals surface area contributed by atoms with E-state index >= 15 is 0 Å². The van der Waals surface area contributed by atoms with Crippen LogP contribution in [-0.4, -0.2) is 6.04 Å². The number of hydrogen-bond donors (Lipinski definition) is 1. The Morgan fingerprint density at radius 2 is 1.29 bits per heavy atom. The van der Waals surface area contributed by atoms with Crippen LogP contribution in [0.15, 0.2) is 36.4 Å². The zero-order valence-electron chi connectivity index (χ0n) is 9.02. The van der Waals surface area contributed by atoms with E-state index in [9.17, 15) is 0 Å². The van der Waals surface area contributed by atoms with Crippen LogP contribution in [0.1, 0.15) is 32.6 Å². The van der Waals surface area contributed by atoms with Gasteiger partial charge in [-0.15, -0.1) is 0 Å². The summed E-state index contributed by atoms with van der Waals surface area (Å²) in [7, 11) is 0. The molecular formula is C13H21N. The molecule has 1 heteroatoms. The Morgan fingerprint density at radius 3 is 1.57 bits per heavy atom. The van der Waals surface area contributed by atoms with Crippen LogP contribution >= 0.6 is 0 Å². The van der Waals surface area contributed by atoms with Gasteiger partial charge in [0.1, 0.15) is 0 Å². The highest BCUT2D eigenvalue weighted by Gasteiger charge is 2.15. The second-order valence-corrected chi connectivity index (χ2v) is 4.08. The molecule has 0 amide bonds. The topological polar surface area (TPSA) is 26.0 Å². The Hall–Kier alpha value is -0.820. The Balaban J connectivity index is 0.000000146. The summed E-state index contributed by atoms with van der Waals surface area (Å²) >= 11 is 0. The monoisotopic (exact) mass is 191 g/mol. The van der Waals surface area contributed by atoms with Crippen molar-refractivity contribution in [1.82, 2.24) is 0 Å². The van der Waals surface area contributed by atoms with E-state index in [0.717, 1.165) is 5.92 Å². The van der Waals surface area contributed by atoms with Gasteiger partial charge in [-0.25, -0.2) is 0 Å². The molecule has 1 aromatic rings. The normalized spacial score (nSPS) is 26.1. The van der Waals surface area contributed by atoms with Crippen LogP contribution in [0.25, 0.3) is 0 Å². The molecule has 1 aromatic carbocycles. The Morgan fingerprint density at radius 1 is 0.857 bits per heavy atom. The van der Waals surface area contributed by atoms with Crippen LogP contribution in [0.4, 0.5) is 0 Å². The summed E-state index contributed by atoms with van der Waals surface area (Å²) in [5.41, 5.74) is 5.78. The molecule has 0 bridgehead atoms. The fourth-order valence-electron chi connectivity index (χ4n) is 1.73. The van der Waals surface area contributed by atoms with Crippen molar-refractivity contribution in [2.75, 3.05) is 0 Å². The maximum Gasteiger partial charge on any atom is 0.00645 e. The van der Waals surface area contributed by atoms with Crippen LogP contribution in [0, 0.1) is 5.92 Å². The van der Waals surface area contributed by atoms with Gasteiger partial charge in [-0.2, -0.15) is 0 Å². The van der Waals surface area contributed by atoms with Crippen molar-refractivity contribution in [2.45, 2.75) is 38.6 Å². The molecule has 0 heterocycles. The van der Waals surface area contributed by atoms with Crippen LogP contribution in [0.2, 0.25) is 0 Å². The molecule has 2 unspecified atom stereocenters. The Labute approximate surface area is 87.3 Å². The van der Waals surface area contributed by atoms with Crippen LogP contribution in [-0.2, 0) is 0 Å². The summed E-state index contributed by atoms with van der Waals surface area (Å²) in [6.07, 6.45) is 5.35. The molecule has 1 nitrogen and oxygen atoms in total. The molecule has 1 aliphatic carbocycles. The molecule has 2 rings (SSSR count). The molecular weight excluding hydrogens is 170 g/mol. The quantitative estimate of drug-likeness (QED) is 0.669. The first-order valence-electron chi connectivity index (χ1n) is 5.56. The predicted octanol–water partition coefficient (Wildman–Crippen LogP) is 3.21. The van der Waals surface area contributed by atoms with Crippen molar-refractivity contribution in [3.8, 4) is 0 Å². The summed E-state index contributed by atoms with van der Waals surface area (Å²) in [5.74, 6) is 0.781. The van der Waals surface area contributed by atoms with E-state index in [1.165, 1.54) is 25.7 Å². The number of nitrogens with two attached hydrogens (primary N) is 1. The molecule has 78 valence electrons. The first-order chi connectivity index (χ1) is 6.80. The third-order valence-corrected chi connectivity index (χ3v) is 2.84. The second-order valence-electron chi connectivity index (χ2n) is 4.08. The third-order valence-electron chi connectivity index (χ3n) is 2.84. The highest BCUT2D eigenvalue weighted by atomic mass is 14.6. The minimum atomic E-state index is 0.503. The van der Waals surface area contributed by atoms with Gasteiger partial charge in [0.2, 0.25) is 0 Å². The summed E-state index contributed by atoms with van der Waals surface area (Å²) in [4.78, 5) is 0. The molecule has 0 aliphatic heterocycles. The van der Waals surface area contributed by atoms with E-state index in [-0.39, 0.29) is 0 Å². The largest absolute Gasteiger partial charge is 0.327 e. The van der Waals surface area contributed by atoms with E-state index in [0.29, 0.717) is 6.04 Å². The molecule has 14 heavy (non-hydrogen) atoms. The number of rotatable bonds is 0. The average Bonchev–Trinajstić information content (AvgIpc) is 2.26. The summed E-state index contributed by atoms with van der Waals surface area (Å²) in [6, 6.07) is 12.5. The molecule has 2 N–H and O–H groups in total. The first-order valence-corrected chi connectivity index (χ1v) is 5.56. The highest BCUT2D eigenvalue weighted by molar-refractivity contribution is 4.99. The standard InChI is InChI=1S/C7H15N.C6H6/c1-6-4-2-3-5-7(6)8;1-2-4-6-5-3-1/h6-7H,2-5,8H2,1H3;1-6H. The van der Waals surface area contributed by atoms with Gasteiger partial charge in [0, 0.05) is 6.04 Å². The van der Waals surface area contributed by atoms with E-state index in [2.05, 4.69) is 6.92 Å². The molecule has 0 radical (unpaired) electrons. The Kier molecular flexibility index (Phi) is 5.31. The van der Waals surface area contributed by atoms with Crippen LogP contribution < -0.4 is 5.73 Å². The van der Waals surface area contributed by atoms with Gasteiger partial charge >= 0.3 is 0 Å². The fourth-order valence-corrected chi connectivity index (χ4v) is 1.73. The number of hydrogen-bond acceptors (Lipinski definition) is 1. The van der Waals surface area contributed by atoms with Gasteiger partial charge < -0.3 is 5.73 Å². The lowest BCUT2D eigenvalue weighted by atomic mass is 9.87. The van der Waals surface area contributed by atoms with Gasteiger partial charge in [-0.1, -0.05) is 56.2 Å².